The Hall–Kier alpha value is -5.12. The summed E-state index contributed by atoms with van der Waals surface area (Å²) in [5, 5.41) is 21.1. The highest BCUT2D eigenvalue weighted by molar-refractivity contribution is 6.37. The number of benzene rings is 3. The average Bonchev–Trinajstić information content (AvgIpc) is 3.01. The number of ketones is 2. The lowest BCUT2D eigenvalue weighted by atomic mass is 9.85. The average molecular weight is 626 g/mol. The summed E-state index contributed by atoms with van der Waals surface area (Å²) in [4.78, 5) is 55.1. The zero-order valence-electron chi connectivity index (χ0n) is 24.4. The molecule has 2 N–H and O–H groups in total. The summed E-state index contributed by atoms with van der Waals surface area (Å²) in [5.74, 6) is -2.53. The summed E-state index contributed by atoms with van der Waals surface area (Å²) in [6, 6.07) is 15.8. The number of ether oxygens (including phenoxy) is 1. The minimum Gasteiger partial charge on any atom is -0.507 e. The second kappa shape index (κ2) is 13.3. The highest BCUT2D eigenvalue weighted by Crippen LogP contribution is 2.36. The molecule has 9 nitrogen and oxygen atoms in total. The molecule has 4 aromatic rings. The summed E-state index contributed by atoms with van der Waals surface area (Å²) in [5.41, 5.74) is 1.34. The van der Waals surface area contributed by atoms with Crippen LogP contribution in [0.4, 0.5) is 0 Å². The van der Waals surface area contributed by atoms with Gasteiger partial charge in [-0.3, -0.25) is 14.4 Å². The number of phenolic OH excluding ortho intramolecular Hbond substituents is 2. The molecule has 0 unspecified atom stereocenters. The molecule has 0 aliphatic heterocycles. The molecule has 1 atom stereocenters. The third-order valence-electron chi connectivity index (χ3n) is 7.27. The van der Waals surface area contributed by atoms with Crippen molar-refractivity contribution in [2.75, 3.05) is 6.61 Å². The van der Waals surface area contributed by atoms with Crippen molar-refractivity contribution in [1.82, 2.24) is 0 Å². The maximum absolute atomic E-state index is 13.3. The highest BCUT2D eigenvalue weighted by Gasteiger charge is 2.34. The number of allylic oxidation sites excluding steroid dienone is 2. The lowest BCUT2D eigenvalue weighted by molar-refractivity contribution is 0.0707. The van der Waals surface area contributed by atoms with E-state index in [1.54, 1.807) is 48.5 Å². The Labute approximate surface area is 262 Å². The number of hydrogen-bond donors (Lipinski definition) is 2. The van der Waals surface area contributed by atoms with Crippen molar-refractivity contribution in [3.8, 4) is 11.5 Å². The van der Waals surface area contributed by atoms with Crippen LogP contribution in [0.3, 0.4) is 0 Å². The summed E-state index contributed by atoms with van der Waals surface area (Å²) >= 11 is 6.37. The molecule has 1 aliphatic carbocycles. The Morgan fingerprint density at radius 2 is 1.67 bits per heavy atom. The number of para-hydroxylation sites is 1. The van der Waals surface area contributed by atoms with Crippen molar-refractivity contribution < 1.29 is 33.8 Å². The minimum absolute atomic E-state index is 0.0242. The number of phenols is 2. The fourth-order valence-corrected chi connectivity index (χ4v) is 5.20. The van der Waals surface area contributed by atoms with Crippen molar-refractivity contribution in [2.24, 2.45) is 4.99 Å². The first-order valence-corrected chi connectivity index (χ1v) is 14.4. The van der Waals surface area contributed by atoms with Crippen LogP contribution in [-0.2, 0) is 11.2 Å². The van der Waals surface area contributed by atoms with E-state index >= 15 is 0 Å². The van der Waals surface area contributed by atoms with Crippen LogP contribution >= 0.6 is 11.6 Å². The first-order chi connectivity index (χ1) is 21.5. The van der Waals surface area contributed by atoms with Gasteiger partial charge in [0.1, 0.15) is 17.1 Å². The van der Waals surface area contributed by atoms with Gasteiger partial charge in [-0.25, -0.2) is 9.79 Å². The third kappa shape index (κ3) is 6.69. The number of hydrogen-bond acceptors (Lipinski definition) is 8. The molecule has 0 saturated heterocycles. The number of carbonyl (C=O) groups is 3. The standard InChI is InChI=1S/C35H28ClNO8/c1-19(2)7-14-28(23-17-27(40)30-25(38)12-13-26(39)31(30)33(23)41)44-16-15-20-8-10-21(11-9-20)34(42)37-18-24-32(36)22-5-3-4-6-29(22)45-35(24)43/h3-13,17-18,28,38-39H,14-16H2,1-2H3/t28-/m1/s1. The van der Waals surface area contributed by atoms with E-state index < -0.39 is 35.0 Å². The Morgan fingerprint density at radius 3 is 2.38 bits per heavy atom. The number of fused-ring (bicyclic) bond motifs is 2. The Balaban J connectivity index is 1.26. The molecule has 1 aromatic heterocycles. The maximum Gasteiger partial charge on any atom is 0.346 e. The van der Waals surface area contributed by atoms with Crippen LogP contribution in [0, 0.1) is 0 Å². The highest BCUT2D eigenvalue weighted by atomic mass is 35.5. The molecular formula is C35H28ClNO8. The summed E-state index contributed by atoms with van der Waals surface area (Å²) in [6.07, 6.45) is 4.10. The van der Waals surface area contributed by atoms with Crippen molar-refractivity contribution in [1.29, 1.82) is 0 Å². The fraction of sp³-hybridized carbons (Fsp3) is 0.171. The minimum atomic E-state index is -0.777. The predicted molar refractivity (Wildman–Crippen MR) is 170 cm³/mol. The number of rotatable bonds is 9. The smallest absolute Gasteiger partial charge is 0.346 e. The Bertz CT molecular complexity index is 1980. The van der Waals surface area contributed by atoms with Gasteiger partial charge in [-0.15, -0.1) is 0 Å². The van der Waals surface area contributed by atoms with Gasteiger partial charge in [0.15, 0.2) is 11.6 Å². The zero-order valence-corrected chi connectivity index (χ0v) is 25.1. The van der Waals surface area contributed by atoms with Crippen LogP contribution in [0.15, 0.2) is 98.2 Å². The molecule has 0 radical (unpaired) electrons. The van der Waals surface area contributed by atoms with E-state index in [0.29, 0.717) is 23.8 Å². The molecule has 1 aliphatic rings. The number of carbonyl (C=O) groups excluding carboxylic acids is 3. The molecule has 45 heavy (non-hydrogen) atoms. The summed E-state index contributed by atoms with van der Waals surface area (Å²) < 4.78 is 11.4. The number of aliphatic imine (C=N–C) groups is 1. The van der Waals surface area contributed by atoms with E-state index in [2.05, 4.69) is 4.99 Å². The van der Waals surface area contributed by atoms with Crippen molar-refractivity contribution in [3.63, 3.8) is 0 Å². The van der Waals surface area contributed by atoms with Crippen LogP contribution in [0.2, 0.25) is 5.02 Å². The molecule has 0 bridgehead atoms. The van der Waals surface area contributed by atoms with Crippen LogP contribution in [0.5, 0.6) is 11.5 Å². The van der Waals surface area contributed by atoms with Crippen LogP contribution in [0.25, 0.3) is 11.0 Å². The molecule has 10 heteroatoms. The van der Waals surface area contributed by atoms with E-state index in [9.17, 15) is 29.4 Å². The molecular weight excluding hydrogens is 598 g/mol. The van der Waals surface area contributed by atoms with Gasteiger partial charge in [-0.2, -0.15) is 0 Å². The first kappa shape index (κ1) is 31.3. The fourth-order valence-electron chi connectivity index (χ4n) is 4.92. The molecule has 3 aromatic carbocycles. The first-order valence-electron chi connectivity index (χ1n) is 14.0. The summed E-state index contributed by atoms with van der Waals surface area (Å²) in [7, 11) is 0. The van der Waals surface area contributed by atoms with Crippen LogP contribution < -0.4 is 5.63 Å². The number of nitrogens with zero attached hydrogens (tertiary/aromatic N) is 1. The van der Waals surface area contributed by atoms with E-state index in [4.69, 9.17) is 20.8 Å². The SMILES string of the molecule is CC(C)=CC[C@@H](OCCc1ccc(C(=O)N=Cc2c(Cl)c3ccccc3oc2=O)cc1)C1=CC(=O)c2c(O)ccc(O)c2C1=O. The normalized spacial score (nSPS) is 13.5. The zero-order chi connectivity index (χ0) is 32.2. The summed E-state index contributed by atoms with van der Waals surface area (Å²) in [6.45, 7) is 3.98. The van der Waals surface area contributed by atoms with Crippen molar-refractivity contribution >= 4 is 46.3 Å². The lowest BCUT2D eigenvalue weighted by Crippen LogP contribution is -2.28. The topological polar surface area (TPSA) is 143 Å². The number of halogens is 1. The number of aromatic hydroxyl groups is 2. The van der Waals surface area contributed by atoms with Gasteiger partial charge >= 0.3 is 5.63 Å². The number of Topliss-reactive ketones (excluding diaryl/α,β-unsaturated/α-hetero) is 1. The van der Waals surface area contributed by atoms with Crippen molar-refractivity contribution in [2.45, 2.75) is 32.8 Å². The van der Waals surface area contributed by atoms with Crippen LogP contribution in [-0.4, -0.2) is 46.6 Å². The van der Waals surface area contributed by atoms with Gasteiger partial charge in [-0.1, -0.05) is 47.5 Å². The molecule has 0 saturated carbocycles. The van der Waals surface area contributed by atoms with Gasteiger partial charge in [0.2, 0.25) is 0 Å². The quantitative estimate of drug-likeness (QED) is 0.0940. The molecule has 1 amide bonds. The third-order valence-corrected chi connectivity index (χ3v) is 7.68. The van der Waals surface area contributed by atoms with Crippen LogP contribution in [0.1, 0.15) is 62.5 Å². The largest absolute Gasteiger partial charge is 0.507 e. The lowest BCUT2D eigenvalue weighted by Gasteiger charge is -2.24. The maximum atomic E-state index is 13.3. The van der Waals surface area contributed by atoms with E-state index in [-0.39, 0.29) is 45.2 Å². The van der Waals surface area contributed by atoms with E-state index in [1.807, 2.05) is 19.9 Å². The number of amides is 1. The Kier molecular flexibility index (Phi) is 9.22. The second-order valence-corrected chi connectivity index (χ2v) is 11.0. The molecule has 5 rings (SSSR count). The van der Waals surface area contributed by atoms with Gasteiger partial charge < -0.3 is 19.4 Å². The van der Waals surface area contributed by atoms with Gasteiger partial charge in [0.25, 0.3) is 5.91 Å². The second-order valence-electron chi connectivity index (χ2n) is 10.6. The molecule has 0 fully saturated rings. The van der Waals surface area contributed by atoms with Gasteiger partial charge in [-0.05, 0) is 74.7 Å². The monoisotopic (exact) mass is 625 g/mol. The molecule has 1 heterocycles. The predicted octanol–water partition coefficient (Wildman–Crippen LogP) is 6.41. The molecule has 228 valence electrons. The molecule has 0 spiro atoms. The van der Waals surface area contributed by atoms with E-state index in [1.165, 1.54) is 12.1 Å². The Morgan fingerprint density at radius 1 is 0.978 bits per heavy atom. The van der Waals surface area contributed by atoms with Gasteiger partial charge in [0, 0.05) is 22.7 Å². The van der Waals surface area contributed by atoms with E-state index in [0.717, 1.165) is 23.4 Å². The van der Waals surface area contributed by atoms with Crippen molar-refractivity contribution in [3.05, 3.63) is 127 Å². The van der Waals surface area contributed by atoms with Gasteiger partial charge in [0.05, 0.1) is 34.4 Å².